The highest BCUT2D eigenvalue weighted by atomic mass is 32.2. The second-order valence-corrected chi connectivity index (χ2v) is 15.6. The van der Waals surface area contributed by atoms with E-state index in [-0.39, 0.29) is 12.3 Å². The van der Waals surface area contributed by atoms with Crippen LogP contribution in [0.5, 0.6) is 5.75 Å². The molecule has 0 spiro atoms. The van der Waals surface area contributed by atoms with E-state index in [4.69, 9.17) is 4.74 Å². The van der Waals surface area contributed by atoms with Crippen LogP contribution in [0.4, 0.5) is 0 Å². The fourth-order valence-electron chi connectivity index (χ4n) is 3.94. The van der Waals surface area contributed by atoms with Crippen LogP contribution in [-0.2, 0) is 33.1 Å². The largest absolute Gasteiger partial charge is 0.497 e. The molecule has 1 N–H and O–H groups in total. The number of hydrogen-bond donors (Lipinski definition) is 1. The molecule has 0 bridgehead atoms. The number of benzene rings is 2. The molecule has 4 rings (SSSR count). The lowest BCUT2D eigenvalue weighted by Crippen LogP contribution is -2.51. The van der Waals surface area contributed by atoms with Gasteiger partial charge in [-0.25, -0.2) is 26.3 Å². The van der Waals surface area contributed by atoms with Gasteiger partial charge in [-0.15, -0.1) is 11.3 Å². The van der Waals surface area contributed by atoms with Crippen LogP contribution >= 0.6 is 11.3 Å². The molecule has 8 nitrogen and oxygen atoms in total. The molecule has 0 aliphatic rings. The van der Waals surface area contributed by atoms with Gasteiger partial charge in [-0.2, -0.15) is 5.10 Å². The van der Waals surface area contributed by atoms with Crippen molar-refractivity contribution in [2.24, 2.45) is 0 Å². The fourth-order valence-corrected chi connectivity index (χ4v) is 7.72. The van der Waals surface area contributed by atoms with Crippen LogP contribution < -0.4 is 9.46 Å². The maximum absolute atomic E-state index is 13.7. The first kappa shape index (κ1) is 28.4. The van der Waals surface area contributed by atoms with E-state index in [0.29, 0.717) is 5.75 Å². The van der Waals surface area contributed by atoms with Crippen LogP contribution in [0.1, 0.15) is 38.1 Å². The van der Waals surface area contributed by atoms with Crippen molar-refractivity contribution in [3.63, 3.8) is 0 Å². The first-order valence-electron chi connectivity index (χ1n) is 12.1. The average Bonchev–Trinajstić information content (AvgIpc) is 3.46. The van der Waals surface area contributed by atoms with Gasteiger partial charge >= 0.3 is 0 Å². The summed E-state index contributed by atoms with van der Waals surface area (Å²) in [6, 6.07) is 19.0. The Morgan fingerprint density at radius 3 is 2.34 bits per heavy atom. The van der Waals surface area contributed by atoms with Crippen molar-refractivity contribution in [2.75, 3.05) is 19.9 Å². The molecular formula is C27H34N4O4S3. The highest BCUT2D eigenvalue weighted by Gasteiger charge is 2.39. The lowest BCUT2D eigenvalue weighted by atomic mass is 10.1. The minimum Gasteiger partial charge on any atom is -0.497 e. The van der Waals surface area contributed by atoms with Crippen molar-refractivity contribution in [3.05, 3.63) is 77.3 Å². The predicted octanol–water partition coefficient (Wildman–Crippen LogP) is 4.82. The van der Waals surface area contributed by atoms with Crippen LogP contribution in [0, 0.1) is 0 Å². The Morgan fingerprint density at radius 1 is 1.08 bits per heavy atom. The van der Waals surface area contributed by atoms with Crippen molar-refractivity contribution in [2.45, 2.75) is 44.5 Å². The van der Waals surface area contributed by atoms with Crippen molar-refractivity contribution in [3.8, 4) is 11.4 Å². The minimum atomic E-state index is -3.76. The summed E-state index contributed by atoms with van der Waals surface area (Å²) in [4.78, 5) is 0.772. The van der Waals surface area contributed by atoms with E-state index in [9.17, 15) is 12.6 Å². The Labute approximate surface area is 231 Å². The van der Waals surface area contributed by atoms with E-state index in [2.05, 4.69) is 9.82 Å². The van der Waals surface area contributed by atoms with Crippen molar-refractivity contribution < 1.29 is 17.4 Å². The molecule has 38 heavy (non-hydrogen) atoms. The summed E-state index contributed by atoms with van der Waals surface area (Å²) in [5.74, 6) is 0.440. The van der Waals surface area contributed by atoms with E-state index < -0.39 is 31.3 Å². The number of methoxy groups -OCH3 is 1. The number of hydrogen-bond acceptors (Lipinski definition) is 6. The molecule has 11 heteroatoms. The second kappa shape index (κ2) is 10.9. The zero-order valence-electron chi connectivity index (χ0n) is 22.5. The maximum Gasteiger partial charge on any atom is 0.216 e. The first-order chi connectivity index (χ1) is 17.8. The number of aromatic nitrogens is 2. The summed E-state index contributed by atoms with van der Waals surface area (Å²) in [6.45, 7) is 7.59. The lowest BCUT2D eigenvalue weighted by molar-refractivity contribution is 0.414. The van der Waals surface area contributed by atoms with Crippen LogP contribution in [0.3, 0.4) is 0 Å². The van der Waals surface area contributed by atoms with E-state index >= 15 is 0 Å². The van der Waals surface area contributed by atoms with Crippen molar-refractivity contribution in [1.29, 1.82) is 0 Å². The Bertz CT molecular complexity index is 1520. The van der Waals surface area contributed by atoms with Crippen molar-refractivity contribution >= 4 is 42.6 Å². The smallest absolute Gasteiger partial charge is 0.216 e. The molecule has 204 valence electrons. The molecule has 0 saturated carbocycles. The molecule has 0 aliphatic carbocycles. The maximum atomic E-state index is 13.7. The topological polar surface area (TPSA) is 93.5 Å². The Hall–Kier alpha value is -2.57. The number of ether oxygens (including phenoxy) is 1. The van der Waals surface area contributed by atoms with Crippen LogP contribution in [0.15, 0.2) is 66.9 Å². The number of sulfonamides is 1. The molecule has 2 atom stereocenters. The molecule has 0 saturated heterocycles. The summed E-state index contributed by atoms with van der Waals surface area (Å²) >= 11 is 1.46. The number of thiophene rings is 1. The number of para-hydroxylation sites is 1. The van der Waals surface area contributed by atoms with Crippen molar-refractivity contribution in [1.82, 2.24) is 18.8 Å². The molecule has 0 amide bonds. The average molecular weight is 575 g/mol. The molecule has 2 heterocycles. The van der Waals surface area contributed by atoms with Gasteiger partial charge in [0.1, 0.15) is 5.75 Å². The third-order valence-electron chi connectivity index (χ3n) is 6.19. The highest BCUT2D eigenvalue weighted by molar-refractivity contribution is 7.89. The quantitative estimate of drug-likeness (QED) is 0.293. The van der Waals surface area contributed by atoms with Gasteiger partial charge in [-0.1, -0.05) is 30.3 Å². The van der Waals surface area contributed by atoms with Gasteiger partial charge in [0.15, 0.2) is 0 Å². The third kappa shape index (κ3) is 6.18. The van der Waals surface area contributed by atoms with Gasteiger partial charge in [-0.3, -0.25) is 0 Å². The van der Waals surface area contributed by atoms with Gasteiger partial charge in [0.05, 0.1) is 56.2 Å². The summed E-state index contributed by atoms with van der Waals surface area (Å²) in [5, 5.41) is 4.52. The normalized spacial score (nSPS) is 15.0. The van der Waals surface area contributed by atoms with Gasteiger partial charge in [0.25, 0.3) is 0 Å². The molecule has 0 aliphatic heterocycles. The number of rotatable bonds is 10. The van der Waals surface area contributed by atoms with E-state index in [1.54, 1.807) is 39.4 Å². The van der Waals surface area contributed by atoms with Gasteiger partial charge in [0.2, 0.25) is 10.0 Å². The number of nitrogens with zero attached hydrogens (tertiary/aromatic N) is 3. The minimum absolute atomic E-state index is 0.208. The van der Waals surface area contributed by atoms with Crippen LogP contribution in [0.25, 0.3) is 15.9 Å². The van der Waals surface area contributed by atoms with Gasteiger partial charge in [-0.05, 0) is 63.6 Å². The summed E-state index contributed by atoms with van der Waals surface area (Å²) < 4.78 is 52.5. The predicted molar refractivity (Wildman–Crippen MR) is 156 cm³/mol. The molecule has 2 aromatic carbocycles. The zero-order valence-corrected chi connectivity index (χ0v) is 24.9. The zero-order chi connectivity index (χ0) is 27.7. The monoisotopic (exact) mass is 574 g/mol. The fraction of sp³-hybridized carbons (Fsp3) is 0.370. The number of nitrogens with one attached hydrogen (secondary N) is 1. The Morgan fingerprint density at radius 2 is 1.74 bits per heavy atom. The number of fused-ring (bicyclic) bond motifs is 1. The standard InChI is InChI=1S/C27H34N4O4S3/c1-26(2,3)37(32)29-27(4,19-38(33,34)30(5)18-20-12-14-22(35-6)15-13-20)25-16-23-24(36-25)17-28-31(23)21-10-8-7-9-11-21/h7-17,29H,18-19H2,1-6H3/t27-,37+/m0/s1. The Balaban J connectivity index is 1.69. The van der Waals surface area contributed by atoms with E-state index in [1.165, 1.54) is 15.6 Å². The van der Waals surface area contributed by atoms with E-state index in [0.717, 1.165) is 26.3 Å². The first-order valence-corrected chi connectivity index (χ1v) is 15.7. The van der Waals surface area contributed by atoms with Crippen LogP contribution in [-0.4, -0.2) is 51.4 Å². The van der Waals surface area contributed by atoms with Crippen LogP contribution in [0.2, 0.25) is 0 Å². The molecule has 4 aromatic rings. The second-order valence-electron chi connectivity index (χ2n) is 10.4. The molecule has 2 aromatic heterocycles. The summed E-state index contributed by atoms with van der Waals surface area (Å²) in [7, 11) is -2.12. The van der Waals surface area contributed by atoms with Gasteiger partial charge in [0, 0.05) is 18.5 Å². The highest BCUT2D eigenvalue weighted by Crippen LogP contribution is 2.36. The Kier molecular flexibility index (Phi) is 8.15. The third-order valence-corrected chi connectivity index (χ3v) is 11.3. The summed E-state index contributed by atoms with van der Waals surface area (Å²) in [5.41, 5.74) is 1.51. The molecule has 0 unspecified atom stereocenters. The SMILES string of the molecule is COc1ccc(CN(C)S(=O)(=O)C[C@](C)(N[S@](=O)C(C)(C)C)c2cc3c(cnn3-c3ccccc3)s2)cc1. The summed E-state index contributed by atoms with van der Waals surface area (Å²) in [6.07, 6.45) is 1.78. The van der Waals surface area contributed by atoms with E-state index in [1.807, 2.05) is 74.0 Å². The molecular weight excluding hydrogens is 541 g/mol. The van der Waals surface area contributed by atoms with Gasteiger partial charge < -0.3 is 4.74 Å². The molecule has 0 radical (unpaired) electrons. The molecule has 0 fully saturated rings. The lowest BCUT2D eigenvalue weighted by Gasteiger charge is -2.33.